The van der Waals surface area contributed by atoms with E-state index < -0.39 is 0 Å². The molecule has 1 aromatic carbocycles. The second-order valence-corrected chi connectivity index (χ2v) is 8.33. The predicted octanol–water partition coefficient (Wildman–Crippen LogP) is 3.59. The van der Waals surface area contributed by atoms with Crippen molar-refractivity contribution in [2.24, 2.45) is 5.41 Å². The van der Waals surface area contributed by atoms with E-state index in [-0.39, 0.29) is 23.0 Å². The molecule has 4 rings (SSSR count). The monoisotopic (exact) mass is 356 g/mol. The number of amides is 2. The average molecular weight is 356 g/mol. The topological polar surface area (TPSA) is 60.9 Å². The zero-order valence-corrected chi connectivity index (χ0v) is 15.4. The van der Waals surface area contributed by atoms with E-state index in [9.17, 15) is 14.7 Å². The maximum Gasteiger partial charge on any atom is 0.234 e. The van der Waals surface area contributed by atoms with Crippen LogP contribution in [0.4, 0.5) is 5.69 Å². The molecule has 5 heteroatoms. The lowest BCUT2D eigenvalue weighted by molar-refractivity contribution is -0.133. The number of carbonyl (C=O) groups is 2. The van der Waals surface area contributed by atoms with Crippen LogP contribution in [0.1, 0.15) is 63.4 Å². The van der Waals surface area contributed by atoms with Crippen molar-refractivity contribution in [2.75, 3.05) is 18.0 Å². The fourth-order valence-corrected chi connectivity index (χ4v) is 4.96. The van der Waals surface area contributed by atoms with Crippen LogP contribution in [0, 0.1) is 5.41 Å². The molecule has 0 atom stereocenters. The molecule has 140 valence electrons. The summed E-state index contributed by atoms with van der Waals surface area (Å²) >= 11 is 0. The number of aromatic hydroxyl groups is 1. The van der Waals surface area contributed by atoms with E-state index in [1.54, 1.807) is 12.1 Å². The van der Waals surface area contributed by atoms with E-state index in [4.69, 9.17) is 0 Å². The largest absolute Gasteiger partial charge is 0.508 e. The van der Waals surface area contributed by atoms with Crippen molar-refractivity contribution in [3.8, 4) is 5.75 Å². The van der Waals surface area contributed by atoms with Gasteiger partial charge in [0, 0.05) is 24.9 Å². The minimum Gasteiger partial charge on any atom is -0.508 e. The highest BCUT2D eigenvalue weighted by molar-refractivity contribution is 6.17. The molecule has 0 bridgehead atoms. The Labute approximate surface area is 155 Å². The second kappa shape index (κ2) is 7.03. The summed E-state index contributed by atoms with van der Waals surface area (Å²) in [4.78, 5) is 29.2. The Kier molecular flexibility index (Phi) is 4.74. The molecule has 1 aliphatic carbocycles. The fraction of sp³-hybridized carbons (Fsp3) is 0.619. The molecular weight excluding hydrogens is 328 g/mol. The number of imide groups is 1. The third-order valence-electron chi connectivity index (χ3n) is 6.38. The molecular formula is C21H28N2O3. The van der Waals surface area contributed by atoms with E-state index in [1.165, 1.54) is 24.2 Å². The summed E-state index contributed by atoms with van der Waals surface area (Å²) in [6.45, 7) is 2.74. The lowest BCUT2D eigenvalue weighted by Gasteiger charge is -2.37. The first kappa shape index (κ1) is 17.5. The quantitative estimate of drug-likeness (QED) is 0.841. The van der Waals surface area contributed by atoms with Gasteiger partial charge in [0.25, 0.3) is 0 Å². The second-order valence-electron chi connectivity index (χ2n) is 8.33. The number of piperidine rings is 2. The van der Waals surface area contributed by atoms with Gasteiger partial charge in [-0.2, -0.15) is 0 Å². The number of carbonyl (C=O) groups excluding carboxylic acids is 2. The summed E-state index contributed by atoms with van der Waals surface area (Å²) in [5.74, 6) is 0.0685. The minimum absolute atomic E-state index is 0.0851. The Hall–Kier alpha value is -1.88. The Morgan fingerprint density at radius 1 is 0.923 bits per heavy atom. The van der Waals surface area contributed by atoms with Gasteiger partial charge in [-0.15, -0.1) is 0 Å². The van der Waals surface area contributed by atoms with Crippen molar-refractivity contribution in [1.82, 2.24) is 4.90 Å². The number of phenols is 1. The summed E-state index contributed by atoms with van der Waals surface area (Å²) in [5, 5.41) is 10.2. The number of likely N-dealkylation sites (tertiary alicyclic amines) is 1. The van der Waals surface area contributed by atoms with Crippen LogP contribution in [-0.4, -0.2) is 34.9 Å². The average Bonchev–Trinajstić information content (AvgIpc) is 3.05. The molecule has 2 amide bonds. The van der Waals surface area contributed by atoms with Crippen LogP contribution >= 0.6 is 0 Å². The lowest BCUT2D eigenvalue weighted by atomic mass is 9.76. The highest BCUT2D eigenvalue weighted by Gasteiger charge is 2.45. The Balaban J connectivity index is 1.54. The van der Waals surface area contributed by atoms with Gasteiger partial charge in [-0.1, -0.05) is 19.3 Å². The minimum atomic E-state index is -0.0854. The molecule has 2 heterocycles. The molecule has 2 aliphatic heterocycles. The van der Waals surface area contributed by atoms with Crippen molar-refractivity contribution < 1.29 is 14.7 Å². The molecule has 2 saturated heterocycles. The van der Waals surface area contributed by atoms with Crippen LogP contribution in [0.2, 0.25) is 0 Å². The summed E-state index contributed by atoms with van der Waals surface area (Å²) in [6.07, 6.45) is 8.82. The van der Waals surface area contributed by atoms with Crippen molar-refractivity contribution >= 4 is 17.5 Å². The van der Waals surface area contributed by atoms with E-state index in [2.05, 4.69) is 4.90 Å². The predicted molar refractivity (Wildman–Crippen MR) is 99.9 cm³/mol. The number of benzene rings is 1. The molecule has 1 aromatic rings. The summed E-state index contributed by atoms with van der Waals surface area (Å²) in [7, 11) is 0. The van der Waals surface area contributed by atoms with Crippen molar-refractivity contribution in [3.63, 3.8) is 0 Å². The normalized spacial score (nSPS) is 23.8. The van der Waals surface area contributed by atoms with Crippen LogP contribution in [0.25, 0.3) is 0 Å². The number of hydrogen-bond acceptors (Lipinski definition) is 4. The standard InChI is InChI=1S/C21H28N2O3/c24-18-7-6-17(12-16(18)15-22-10-4-1-5-11-22)23-19(25)13-21(14-20(23)26)8-2-3-9-21/h6-7,12,24H,1-5,8-11,13-15H2. The van der Waals surface area contributed by atoms with Crippen LogP contribution in [0.5, 0.6) is 5.75 Å². The SMILES string of the molecule is O=C1CC2(CCCC2)CC(=O)N1c1ccc(O)c(CN2CCCCC2)c1. The molecule has 5 nitrogen and oxygen atoms in total. The van der Waals surface area contributed by atoms with Gasteiger partial charge in [0.1, 0.15) is 5.75 Å². The fourth-order valence-electron chi connectivity index (χ4n) is 4.96. The number of phenolic OH excluding ortho intramolecular Hbond substituents is 1. The Bertz CT molecular complexity index is 683. The molecule has 1 saturated carbocycles. The Morgan fingerprint density at radius 3 is 2.23 bits per heavy atom. The van der Waals surface area contributed by atoms with Gasteiger partial charge in [-0.05, 0) is 62.4 Å². The van der Waals surface area contributed by atoms with Gasteiger partial charge in [0.05, 0.1) is 5.69 Å². The zero-order chi connectivity index (χ0) is 18.1. The maximum atomic E-state index is 12.8. The van der Waals surface area contributed by atoms with Crippen molar-refractivity contribution in [2.45, 2.75) is 64.3 Å². The van der Waals surface area contributed by atoms with Gasteiger partial charge >= 0.3 is 0 Å². The zero-order valence-electron chi connectivity index (χ0n) is 15.4. The van der Waals surface area contributed by atoms with Gasteiger partial charge < -0.3 is 5.11 Å². The molecule has 1 spiro atoms. The molecule has 0 aromatic heterocycles. The first-order chi connectivity index (χ1) is 12.6. The number of anilines is 1. The molecule has 0 radical (unpaired) electrons. The number of rotatable bonds is 3. The van der Waals surface area contributed by atoms with Crippen LogP contribution in [0.15, 0.2) is 18.2 Å². The summed E-state index contributed by atoms with van der Waals surface area (Å²) < 4.78 is 0. The first-order valence-electron chi connectivity index (χ1n) is 9.96. The van der Waals surface area contributed by atoms with Gasteiger partial charge in [-0.25, -0.2) is 0 Å². The van der Waals surface area contributed by atoms with Gasteiger partial charge in [0.2, 0.25) is 11.8 Å². The lowest BCUT2D eigenvalue weighted by Crippen LogP contribution is -2.47. The number of nitrogens with zero attached hydrogens (tertiary/aromatic N) is 2. The van der Waals surface area contributed by atoms with E-state index >= 15 is 0 Å². The van der Waals surface area contributed by atoms with E-state index in [0.29, 0.717) is 25.1 Å². The maximum absolute atomic E-state index is 12.8. The molecule has 26 heavy (non-hydrogen) atoms. The van der Waals surface area contributed by atoms with E-state index in [1.807, 2.05) is 6.07 Å². The summed E-state index contributed by atoms with van der Waals surface area (Å²) in [6, 6.07) is 5.14. The molecule has 3 aliphatic rings. The molecule has 1 N–H and O–H groups in total. The highest BCUT2D eigenvalue weighted by atomic mass is 16.3. The third-order valence-corrected chi connectivity index (χ3v) is 6.38. The molecule has 0 unspecified atom stereocenters. The van der Waals surface area contributed by atoms with Crippen LogP contribution in [0.3, 0.4) is 0 Å². The number of hydrogen-bond donors (Lipinski definition) is 1. The molecule has 3 fully saturated rings. The van der Waals surface area contributed by atoms with Crippen LogP contribution < -0.4 is 4.90 Å². The van der Waals surface area contributed by atoms with Crippen molar-refractivity contribution in [3.05, 3.63) is 23.8 Å². The van der Waals surface area contributed by atoms with E-state index in [0.717, 1.165) is 44.3 Å². The highest BCUT2D eigenvalue weighted by Crippen LogP contribution is 2.47. The van der Waals surface area contributed by atoms with Crippen LogP contribution in [-0.2, 0) is 16.1 Å². The van der Waals surface area contributed by atoms with Gasteiger partial charge in [0.15, 0.2) is 0 Å². The van der Waals surface area contributed by atoms with Gasteiger partial charge in [-0.3, -0.25) is 19.4 Å². The first-order valence-corrected chi connectivity index (χ1v) is 9.96. The Morgan fingerprint density at radius 2 is 1.58 bits per heavy atom. The smallest absolute Gasteiger partial charge is 0.234 e. The van der Waals surface area contributed by atoms with Crippen molar-refractivity contribution in [1.29, 1.82) is 0 Å². The summed E-state index contributed by atoms with van der Waals surface area (Å²) in [5.41, 5.74) is 1.32. The third kappa shape index (κ3) is 3.37.